The van der Waals surface area contributed by atoms with Crippen LogP contribution in [0.3, 0.4) is 0 Å². The van der Waals surface area contributed by atoms with E-state index in [4.69, 9.17) is 19.3 Å². The third-order valence-electron chi connectivity index (χ3n) is 6.59. The fraction of sp³-hybridized carbons (Fsp3) is 0.519. The van der Waals surface area contributed by atoms with Gasteiger partial charge in [0.25, 0.3) is 5.91 Å². The second kappa shape index (κ2) is 12.8. The zero-order valence-corrected chi connectivity index (χ0v) is 21.2. The molecule has 10 nitrogen and oxygen atoms in total. The van der Waals surface area contributed by atoms with E-state index in [1.54, 1.807) is 10.6 Å². The molecule has 3 heterocycles. The average molecular weight is 514 g/mol. The van der Waals surface area contributed by atoms with Crippen LogP contribution in [0.1, 0.15) is 48.9 Å². The molecule has 2 aliphatic rings. The Hall–Kier alpha value is -3.21. The Kier molecular flexibility index (Phi) is 9.32. The first-order valence-corrected chi connectivity index (χ1v) is 12.8. The number of aliphatic hydroxyl groups excluding tert-OH is 1. The van der Waals surface area contributed by atoms with Gasteiger partial charge in [-0.1, -0.05) is 18.2 Å². The summed E-state index contributed by atoms with van der Waals surface area (Å²) in [4.78, 5) is 38.9. The average Bonchev–Trinajstić information content (AvgIpc) is 3.49. The molecule has 0 aliphatic carbocycles. The SMILES string of the molecule is CC(=O)n1cc(C2C=C(C(=O)NCCCN3CCCC3=O)OC(OCCOCCO)C2)c2ccccc21. The van der Waals surface area contributed by atoms with Crippen LogP contribution in [0.5, 0.6) is 0 Å². The molecule has 1 saturated heterocycles. The van der Waals surface area contributed by atoms with Gasteiger partial charge in [-0.05, 0) is 30.5 Å². The lowest BCUT2D eigenvalue weighted by Crippen LogP contribution is -2.35. The maximum atomic E-state index is 13.0. The lowest BCUT2D eigenvalue weighted by Gasteiger charge is -2.29. The second-order valence-electron chi connectivity index (χ2n) is 9.21. The maximum Gasteiger partial charge on any atom is 0.286 e. The van der Waals surface area contributed by atoms with Gasteiger partial charge in [0.05, 0.1) is 31.9 Å². The summed E-state index contributed by atoms with van der Waals surface area (Å²) in [6.45, 7) is 4.00. The highest BCUT2D eigenvalue weighted by molar-refractivity contribution is 5.95. The van der Waals surface area contributed by atoms with E-state index in [1.165, 1.54) is 6.92 Å². The number of carbonyl (C=O) groups excluding carboxylic acids is 3. The van der Waals surface area contributed by atoms with Crippen molar-refractivity contribution in [2.75, 3.05) is 46.1 Å². The number of ether oxygens (including phenoxy) is 3. The lowest BCUT2D eigenvalue weighted by molar-refractivity contribution is -0.151. The van der Waals surface area contributed by atoms with E-state index in [0.29, 0.717) is 32.4 Å². The van der Waals surface area contributed by atoms with Crippen LogP contribution < -0.4 is 5.32 Å². The molecule has 1 aromatic carbocycles. The van der Waals surface area contributed by atoms with Gasteiger partial charge in [-0.15, -0.1) is 0 Å². The van der Waals surface area contributed by atoms with Crippen molar-refractivity contribution in [3.8, 4) is 0 Å². The summed E-state index contributed by atoms with van der Waals surface area (Å²) in [5.74, 6) is -0.333. The lowest BCUT2D eigenvalue weighted by atomic mass is 9.92. The Bertz CT molecular complexity index is 1140. The van der Waals surface area contributed by atoms with Crippen molar-refractivity contribution in [2.24, 2.45) is 0 Å². The fourth-order valence-corrected chi connectivity index (χ4v) is 4.80. The van der Waals surface area contributed by atoms with Crippen molar-refractivity contribution < 1.29 is 33.7 Å². The van der Waals surface area contributed by atoms with Crippen molar-refractivity contribution in [3.05, 3.63) is 47.9 Å². The Balaban J connectivity index is 1.47. The van der Waals surface area contributed by atoms with E-state index in [9.17, 15) is 14.4 Å². The first-order chi connectivity index (χ1) is 18.0. The molecule has 2 unspecified atom stereocenters. The summed E-state index contributed by atoms with van der Waals surface area (Å²) < 4.78 is 18.7. The molecular formula is C27H35N3O7. The highest BCUT2D eigenvalue weighted by atomic mass is 16.7. The molecule has 0 spiro atoms. The van der Waals surface area contributed by atoms with Crippen molar-refractivity contribution in [1.29, 1.82) is 0 Å². The Morgan fingerprint density at radius 2 is 2.05 bits per heavy atom. The number of likely N-dealkylation sites (tertiary alicyclic amines) is 1. The first kappa shape index (κ1) is 26.8. The normalized spacial score (nSPS) is 19.7. The van der Waals surface area contributed by atoms with Crippen LogP contribution in [0.15, 0.2) is 42.3 Å². The molecule has 0 radical (unpaired) electrons. The van der Waals surface area contributed by atoms with Crippen molar-refractivity contribution in [2.45, 2.75) is 44.8 Å². The third kappa shape index (κ3) is 6.76. The standard InChI is InChI=1S/C27H35N3O7/c1-19(32)30-18-22(21-6-2-3-7-23(21)30)20-16-24(37-26(17-20)36-15-14-35-13-12-31)27(34)28-9-5-11-29-10-4-8-25(29)33/h2-3,6-7,16,18,20,26,31H,4-5,8-15,17H2,1H3,(H,28,34). The molecule has 2 aromatic rings. The number of nitrogens with one attached hydrogen (secondary N) is 1. The molecule has 2 aliphatic heterocycles. The van der Waals surface area contributed by atoms with Crippen LogP contribution >= 0.6 is 0 Å². The number of rotatable bonds is 12. The number of aliphatic hydroxyl groups is 1. The van der Waals surface area contributed by atoms with E-state index in [0.717, 1.165) is 29.4 Å². The number of hydrogen-bond acceptors (Lipinski definition) is 7. The molecule has 200 valence electrons. The molecule has 1 aromatic heterocycles. The highest BCUT2D eigenvalue weighted by Crippen LogP contribution is 2.36. The number of carbonyl (C=O) groups is 3. The number of benzene rings is 1. The second-order valence-corrected chi connectivity index (χ2v) is 9.21. The fourth-order valence-electron chi connectivity index (χ4n) is 4.80. The Morgan fingerprint density at radius 3 is 2.81 bits per heavy atom. The predicted octanol–water partition coefficient (Wildman–Crippen LogP) is 2.17. The van der Waals surface area contributed by atoms with Gasteiger partial charge in [-0.3, -0.25) is 19.0 Å². The molecule has 2 amide bonds. The number of amides is 2. The third-order valence-corrected chi connectivity index (χ3v) is 6.59. The van der Waals surface area contributed by atoms with Crippen LogP contribution in [0.4, 0.5) is 0 Å². The minimum Gasteiger partial charge on any atom is -0.459 e. The largest absolute Gasteiger partial charge is 0.459 e. The van der Waals surface area contributed by atoms with Crippen LogP contribution in [0.25, 0.3) is 10.9 Å². The zero-order chi connectivity index (χ0) is 26.2. The number of nitrogens with zero attached hydrogens (tertiary/aromatic N) is 2. The van der Waals surface area contributed by atoms with Gasteiger partial charge < -0.3 is 29.5 Å². The van der Waals surface area contributed by atoms with Gasteiger partial charge >= 0.3 is 0 Å². The molecule has 2 N–H and O–H groups in total. The van der Waals surface area contributed by atoms with Gasteiger partial charge in [0.2, 0.25) is 18.1 Å². The molecule has 10 heteroatoms. The maximum absolute atomic E-state index is 13.0. The van der Waals surface area contributed by atoms with Gasteiger partial charge in [0.15, 0.2) is 5.76 Å². The number of para-hydroxylation sites is 1. The highest BCUT2D eigenvalue weighted by Gasteiger charge is 2.31. The van der Waals surface area contributed by atoms with Crippen LogP contribution in [0.2, 0.25) is 0 Å². The van der Waals surface area contributed by atoms with E-state index >= 15 is 0 Å². The monoisotopic (exact) mass is 513 g/mol. The van der Waals surface area contributed by atoms with E-state index in [2.05, 4.69) is 5.32 Å². The van der Waals surface area contributed by atoms with Crippen molar-refractivity contribution in [1.82, 2.24) is 14.8 Å². The molecule has 4 rings (SSSR count). The summed E-state index contributed by atoms with van der Waals surface area (Å²) in [6.07, 6.45) is 5.52. The molecule has 0 saturated carbocycles. The number of hydrogen-bond donors (Lipinski definition) is 2. The smallest absolute Gasteiger partial charge is 0.286 e. The quantitative estimate of drug-likeness (QED) is 0.418. The van der Waals surface area contributed by atoms with Crippen LogP contribution in [-0.4, -0.2) is 84.6 Å². The van der Waals surface area contributed by atoms with E-state index in [-0.39, 0.29) is 55.8 Å². The van der Waals surface area contributed by atoms with Gasteiger partial charge in [-0.25, -0.2) is 0 Å². The predicted molar refractivity (Wildman–Crippen MR) is 136 cm³/mol. The van der Waals surface area contributed by atoms with Crippen LogP contribution in [-0.2, 0) is 23.8 Å². The molecule has 0 bridgehead atoms. The number of fused-ring (bicyclic) bond motifs is 1. The number of allylic oxidation sites excluding steroid dienone is 1. The summed E-state index contributed by atoms with van der Waals surface area (Å²) in [5, 5.41) is 12.7. The minimum atomic E-state index is -0.685. The molecule has 2 atom stereocenters. The van der Waals surface area contributed by atoms with Crippen molar-refractivity contribution in [3.63, 3.8) is 0 Å². The summed E-state index contributed by atoms with van der Waals surface area (Å²) in [7, 11) is 0. The van der Waals surface area contributed by atoms with Crippen LogP contribution in [0, 0.1) is 0 Å². The Labute approximate surface area is 216 Å². The Morgan fingerprint density at radius 1 is 1.22 bits per heavy atom. The molecular weight excluding hydrogens is 478 g/mol. The van der Waals surface area contributed by atoms with Gasteiger partial charge in [0.1, 0.15) is 0 Å². The summed E-state index contributed by atoms with van der Waals surface area (Å²) >= 11 is 0. The van der Waals surface area contributed by atoms with E-state index < -0.39 is 6.29 Å². The topological polar surface area (TPSA) is 119 Å². The van der Waals surface area contributed by atoms with Gasteiger partial charge in [0, 0.05) is 56.9 Å². The summed E-state index contributed by atoms with van der Waals surface area (Å²) in [6, 6.07) is 7.67. The molecule has 1 fully saturated rings. The van der Waals surface area contributed by atoms with E-state index in [1.807, 2.05) is 35.4 Å². The minimum absolute atomic E-state index is 0.0683. The molecule has 37 heavy (non-hydrogen) atoms. The number of aromatic nitrogens is 1. The van der Waals surface area contributed by atoms with Gasteiger partial charge in [-0.2, -0.15) is 0 Å². The zero-order valence-electron chi connectivity index (χ0n) is 21.2. The summed E-state index contributed by atoms with van der Waals surface area (Å²) in [5.41, 5.74) is 1.72. The van der Waals surface area contributed by atoms with Crippen molar-refractivity contribution >= 4 is 28.6 Å². The first-order valence-electron chi connectivity index (χ1n) is 12.8.